The van der Waals surface area contributed by atoms with Gasteiger partial charge in [0.2, 0.25) is 5.91 Å². The maximum atomic E-state index is 11.8. The number of hydrogen-bond acceptors (Lipinski definition) is 4. The third-order valence-electron chi connectivity index (χ3n) is 2.60. The first-order valence-corrected chi connectivity index (χ1v) is 5.83. The van der Waals surface area contributed by atoms with Crippen molar-refractivity contribution in [1.82, 2.24) is 15.5 Å². The van der Waals surface area contributed by atoms with Crippen molar-refractivity contribution in [2.24, 2.45) is 0 Å². The fraction of sp³-hybridized carbons (Fsp3) is 0.727. The van der Waals surface area contributed by atoms with Crippen LogP contribution in [-0.2, 0) is 9.59 Å². The summed E-state index contributed by atoms with van der Waals surface area (Å²) in [6.07, 6.45) is -0.591. The van der Waals surface area contributed by atoms with E-state index in [-0.39, 0.29) is 31.3 Å². The Labute approximate surface area is 106 Å². The number of nitrogens with zero attached hydrogens (tertiary/aromatic N) is 1. The molecule has 18 heavy (non-hydrogen) atoms. The summed E-state index contributed by atoms with van der Waals surface area (Å²) in [5.41, 5.74) is -0.910. The number of aliphatic hydroxyl groups is 1. The summed E-state index contributed by atoms with van der Waals surface area (Å²) in [5.74, 6) is -0.642. The van der Waals surface area contributed by atoms with Gasteiger partial charge in [0.1, 0.15) is 5.54 Å². The van der Waals surface area contributed by atoms with Crippen LogP contribution in [0.15, 0.2) is 0 Å². The summed E-state index contributed by atoms with van der Waals surface area (Å²) < 4.78 is 0. The number of carbonyl (C=O) groups excluding carboxylic acids is 3. The van der Waals surface area contributed by atoms with Crippen molar-refractivity contribution in [1.29, 1.82) is 0 Å². The van der Waals surface area contributed by atoms with Crippen molar-refractivity contribution in [3.05, 3.63) is 0 Å². The standard InChI is InChI=1S/C11H19N3O4/c1-7(15)6-12-8(16)4-5-14-9(17)11(2,3)13-10(14)18/h7,15H,4-6H2,1-3H3,(H,12,16)(H,13,18). The third-order valence-corrected chi connectivity index (χ3v) is 2.60. The van der Waals surface area contributed by atoms with Gasteiger partial charge >= 0.3 is 6.03 Å². The minimum atomic E-state index is -0.910. The molecule has 0 bridgehead atoms. The molecule has 4 amide bonds. The van der Waals surface area contributed by atoms with E-state index < -0.39 is 17.7 Å². The lowest BCUT2D eigenvalue weighted by atomic mass is 10.1. The molecule has 1 atom stereocenters. The quantitative estimate of drug-likeness (QED) is 0.562. The van der Waals surface area contributed by atoms with Crippen LogP contribution in [0, 0.1) is 0 Å². The second-order valence-electron chi connectivity index (χ2n) is 4.92. The molecule has 102 valence electrons. The molecule has 1 unspecified atom stereocenters. The van der Waals surface area contributed by atoms with Crippen LogP contribution in [0.4, 0.5) is 4.79 Å². The Morgan fingerprint density at radius 1 is 1.50 bits per heavy atom. The predicted molar refractivity (Wildman–Crippen MR) is 63.6 cm³/mol. The van der Waals surface area contributed by atoms with Crippen LogP contribution in [0.25, 0.3) is 0 Å². The maximum absolute atomic E-state index is 11.8. The molecule has 1 heterocycles. The topological polar surface area (TPSA) is 98.7 Å². The lowest BCUT2D eigenvalue weighted by molar-refractivity contribution is -0.130. The van der Waals surface area contributed by atoms with Crippen LogP contribution in [-0.4, -0.2) is 52.6 Å². The number of hydrogen-bond donors (Lipinski definition) is 3. The zero-order chi connectivity index (χ0) is 13.9. The molecule has 1 aliphatic heterocycles. The van der Waals surface area contributed by atoms with E-state index in [4.69, 9.17) is 5.11 Å². The van der Waals surface area contributed by atoms with Crippen LogP contribution < -0.4 is 10.6 Å². The zero-order valence-electron chi connectivity index (χ0n) is 10.8. The number of nitrogens with one attached hydrogen (secondary N) is 2. The molecular weight excluding hydrogens is 238 g/mol. The Hall–Kier alpha value is -1.63. The maximum Gasteiger partial charge on any atom is 0.325 e. The first-order chi connectivity index (χ1) is 8.24. The number of urea groups is 1. The Bertz CT molecular complexity index is 365. The molecule has 7 nitrogen and oxygen atoms in total. The van der Waals surface area contributed by atoms with Crippen molar-refractivity contribution in [2.45, 2.75) is 38.8 Å². The van der Waals surface area contributed by atoms with E-state index in [1.165, 1.54) is 0 Å². The first-order valence-electron chi connectivity index (χ1n) is 5.83. The highest BCUT2D eigenvalue weighted by atomic mass is 16.3. The largest absolute Gasteiger partial charge is 0.392 e. The van der Waals surface area contributed by atoms with Crippen LogP contribution in [0.3, 0.4) is 0 Å². The van der Waals surface area contributed by atoms with E-state index in [0.29, 0.717) is 0 Å². The Morgan fingerprint density at radius 3 is 2.56 bits per heavy atom. The van der Waals surface area contributed by atoms with Crippen molar-refractivity contribution in [3.8, 4) is 0 Å². The van der Waals surface area contributed by atoms with Gasteiger partial charge in [-0.25, -0.2) is 4.79 Å². The Morgan fingerprint density at radius 2 is 2.11 bits per heavy atom. The van der Waals surface area contributed by atoms with Gasteiger partial charge in [-0.3, -0.25) is 14.5 Å². The van der Waals surface area contributed by atoms with Crippen molar-refractivity contribution < 1.29 is 19.5 Å². The van der Waals surface area contributed by atoms with Crippen LogP contribution in [0.2, 0.25) is 0 Å². The monoisotopic (exact) mass is 257 g/mol. The minimum Gasteiger partial charge on any atom is -0.392 e. The summed E-state index contributed by atoms with van der Waals surface area (Å²) in [7, 11) is 0. The van der Waals surface area contributed by atoms with Crippen molar-refractivity contribution in [2.75, 3.05) is 13.1 Å². The van der Waals surface area contributed by atoms with Gasteiger partial charge in [-0.1, -0.05) is 0 Å². The third kappa shape index (κ3) is 3.43. The highest BCUT2D eigenvalue weighted by molar-refractivity contribution is 6.06. The molecule has 1 rings (SSSR count). The highest BCUT2D eigenvalue weighted by Crippen LogP contribution is 2.16. The van der Waals surface area contributed by atoms with E-state index in [2.05, 4.69) is 10.6 Å². The van der Waals surface area contributed by atoms with Crippen LogP contribution >= 0.6 is 0 Å². The van der Waals surface area contributed by atoms with E-state index in [1.807, 2.05) is 0 Å². The molecule has 0 spiro atoms. The number of amides is 4. The number of rotatable bonds is 5. The van der Waals surface area contributed by atoms with Gasteiger partial charge in [-0.15, -0.1) is 0 Å². The lowest BCUT2D eigenvalue weighted by Crippen LogP contribution is -2.41. The molecule has 0 aliphatic carbocycles. The van der Waals surface area contributed by atoms with Crippen molar-refractivity contribution in [3.63, 3.8) is 0 Å². The van der Waals surface area contributed by atoms with Gasteiger partial charge in [0.05, 0.1) is 6.10 Å². The fourth-order valence-electron chi connectivity index (χ4n) is 1.58. The average Bonchev–Trinajstić information content (AvgIpc) is 2.43. The predicted octanol–water partition coefficient (Wildman–Crippen LogP) is -0.796. The zero-order valence-corrected chi connectivity index (χ0v) is 10.8. The smallest absolute Gasteiger partial charge is 0.325 e. The summed E-state index contributed by atoms with van der Waals surface area (Å²) >= 11 is 0. The van der Waals surface area contributed by atoms with Crippen LogP contribution in [0.5, 0.6) is 0 Å². The summed E-state index contributed by atoms with van der Waals surface area (Å²) in [5, 5.41) is 14.0. The molecule has 1 saturated heterocycles. The van der Waals surface area contributed by atoms with Gasteiger partial charge in [-0.2, -0.15) is 0 Å². The van der Waals surface area contributed by atoms with Gasteiger partial charge in [0, 0.05) is 19.5 Å². The summed E-state index contributed by atoms with van der Waals surface area (Å²) in [6, 6.07) is -0.478. The first kappa shape index (κ1) is 14.4. The Balaban J connectivity index is 2.42. The van der Waals surface area contributed by atoms with Gasteiger partial charge in [-0.05, 0) is 20.8 Å². The normalized spacial score (nSPS) is 19.7. The number of aliphatic hydroxyl groups excluding tert-OH is 1. The lowest BCUT2D eigenvalue weighted by Gasteiger charge is -2.15. The average molecular weight is 257 g/mol. The van der Waals surface area contributed by atoms with E-state index in [1.54, 1.807) is 20.8 Å². The Kier molecular flexibility index (Phi) is 4.28. The molecule has 3 N–H and O–H groups in total. The molecule has 0 aromatic heterocycles. The highest BCUT2D eigenvalue weighted by Gasteiger charge is 2.43. The van der Waals surface area contributed by atoms with Crippen molar-refractivity contribution >= 4 is 17.8 Å². The fourth-order valence-corrected chi connectivity index (χ4v) is 1.58. The second kappa shape index (κ2) is 5.34. The van der Waals surface area contributed by atoms with E-state index in [0.717, 1.165) is 4.90 Å². The molecular formula is C11H19N3O4. The molecule has 0 saturated carbocycles. The van der Waals surface area contributed by atoms with E-state index in [9.17, 15) is 14.4 Å². The summed E-state index contributed by atoms with van der Waals surface area (Å²) in [6.45, 7) is 4.98. The van der Waals surface area contributed by atoms with Gasteiger partial charge < -0.3 is 15.7 Å². The molecule has 7 heteroatoms. The molecule has 0 aromatic rings. The number of carbonyl (C=O) groups is 3. The molecule has 0 radical (unpaired) electrons. The summed E-state index contributed by atoms with van der Waals surface area (Å²) in [4.78, 5) is 35.7. The van der Waals surface area contributed by atoms with Gasteiger partial charge in [0.25, 0.3) is 5.91 Å². The molecule has 1 fully saturated rings. The molecule has 0 aromatic carbocycles. The minimum absolute atomic E-state index is 0.0297. The second-order valence-corrected chi connectivity index (χ2v) is 4.92. The van der Waals surface area contributed by atoms with Gasteiger partial charge in [0.15, 0.2) is 0 Å². The van der Waals surface area contributed by atoms with Crippen LogP contribution in [0.1, 0.15) is 27.2 Å². The molecule has 1 aliphatic rings. The van der Waals surface area contributed by atoms with E-state index >= 15 is 0 Å². The number of imide groups is 1. The SMILES string of the molecule is CC(O)CNC(=O)CCN1C(=O)NC(C)(C)C1=O.